The number of anilines is 1. The lowest BCUT2D eigenvalue weighted by Crippen LogP contribution is -2.37. The van der Waals surface area contributed by atoms with Gasteiger partial charge in [0.15, 0.2) is 0 Å². The zero-order valence-corrected chi connectivity index (χ0v) is 10.4. The fourth-order valence-electron chi connectivity index (χ4n) is 2.35. The molecule has 1 unspecified atom stereocenters. The van der Waals surface area contributed by atoms with Crippen LogP contribution in [0.25, 0.3) is 0 Å². The molecule has 6 heteroatoms. The molecule has 1 saturated heterocycles. The average molecular weight is 257 g/mol. The molecule has 94 valence electrons. The van der Waals surface area contributed by atoms with Crippen LogP contribution in [-0.2, 0) is 0 Å². The number of nitrogens with one attached hydrogen (secondary N) is 1. The third-order valence-electron chi connectivity index (χ3n) is 3.21. The molecule has 2 rings (SSSR count). The number of aromatic amines is 1. The van der Waals surface area contributed by atoms with E-state index < -0.39 is 0 Å². The predicted octanol–water partition coefficient (Wildman–Crippen LogP) is 0.988. The summed E-state index contributed by atoms with van der Waals surface area (Å²) in [5.74, 6) is 0.587. The Morgan fingerprint density at radius 1 is 1.65 bits per heavy atom. The van der Waals surface area contributed by atoms with E-state index in [4.69, 9.17) is 17.3 Å². The average Bonchev–Trinajstić information content (AvgIpc) is 2.33. The van der Waals surface area contributed by atoms with Gasteiger partial charge < -0.3 is 10.6 Å². The molecule has 2 heterocycles. The number of nitrogens with two attached hydrogens (primary N) is 1. The fourth-order valence-corrected chi connectivity index (χ4v) is 2.56. The van der Waals surface area contributed by atoms with Crippen LogP contribution in [0, 0.1) is 5.92 Å². The van der Waals surface area contributed by atoms with Crippen LogP contribution < -0.4 is 16.2 Å². The topological polar surface area (TPSA) is 75.0 Å². The van der Waals surface area contributed by atoms with E-state index >= 15 is 0 Å². The van der Waals surface area contributed by atoms with Crippen molar-refractivity contribution in [1.29, 1.82) is 0 Å². The van der Waals surface area contributed by atoms with E-state index in [2.05, 4.69) is 15.1 Å². The van der Waals surface area contributed by atoms with Crippen LogP contribution >= 0.6 is 11.6 Å². The van der Waals surface area contributed by atoms with Crippen molar-refractivity contribution in [3.63, 3.8) is 0 Å². The maximum absolute atomic E-state index is 11.4. The molecule has 0 saturated carbocycles. The van der Waals surface area contributed by atoms with Gasteiger partial charge in [0.1, 0.15) is 5.02 Å². The summed E-state index contributed by atoms with van der Waals surface area (Å²) in [6.07, 6.45) is 4.94. The van der Waals surface area contributed by atoms with Gasteiger partial charge in [-0.1, -0.05) is 11.6 Å². The van der Waals surface area contributed by atoms with Gasteiger partial charge in [0.25, 0.3) is 5.56 Å². The Labute approximate surface area is 105 Å². The van der Waals surface area contributed by atoms with Gasteiger partial charge in [-0.15, -0.1) is 0 Å². The number of halogens is 1. The highest BCUT2D eigenvalue weighted by Gasteiger charge is 2.22. The van der Waals surface area contributed by atoms with Crippen molar-refractivity contribution in [1.82, 2.24) is 10.2 Å². The summed E-state index contributed by atoms with van der Waals surface area (Å²) in [6.45, 7) is 2.54. The van der Waals surface area contributed by atoms with Gasteiger partial charge >= 0.3 is 0 Å². The van der Waals surface area contributed by atoms with Gasteiger partial charge in [0, 0.05) is 13.1 Å². The van der Waals surface area contributed by atoms with Crippen LogP contribution in [0.2, 0.25) is 5.02 Å². The largest absolute Gasteiger partial charge is 0.369 e. The Kier molecular flexibility index (Phi) is 4.02. The smallest absolute Gasteiger partial charge is 0.285 e. The van der Waals surface area contributed by atoms with Gasteiger partial charge in [-0.2, -0.15) is 5.10 Å². The van der Waals surface area contributed by atoms with Crippen molar-refractivity contribution in [2.24, 2.45) is 11.7 Å². The SMILES string of the molecule is NCCC1CCCN(c2cn[nH]c(=O)c2Cl)C1. The highest BCUT2D eigenvalue weighted by atomic mass is 35.5. The molecule has 1 aliphatic heterocycles. The second kappa shape index (κ2) is 5.51. The minimum atomic E-state index is -0.329. The van der Waals surface area contributed by atoms with Crippen molar-refractivity contribution in [2.45, 2.75) is 19.3 Å². The van der Waals surface area contributed by atoms with E-state index in [0.717, 1.165) is 31.6 Å². The summed E-state index contributed by atoms with van der Waals surface area (Å²) in [7, 11) is 0. The number of H-pyrrole nitrogens is 1. The van der Waals surface area contributed by atoms with Crippen LogP contribution in [0.5, 0.6) is 0 Å². The lowest BCUT2D eigenvalue weighted by atomic mass is 9.94. The van der Waals surface area contributed by atoms with Gasteiger partial charge in [-0.3, -0.25) is 4.79 Å². The Morgan fingerprint density at radius 3 is 3.24 bits per heavy atom. The van der Waals surface area contributed by atoms with Crippen LogP contribution in [0.1, 0.15) is 19.3 Å². The number of hydrogen-bond donors (Lipinski definition) is 2. The Morgan fingerprint density at radius 2 is 2.47 bits per heavy atom. The maximum Gasteiger partial charge on any atom is 0.285 e. The standard InChI is InChI=1S/C11H17ClN4O/c12-10-9(6-14-15-11(10)17)16-5-1-2-8(7-16)3-4-13/h6,8H,1-5,7,13H2,(H,15,17). The van der Waals surface area contributed by atoms with Crippen molar-refractivity contribution in [3.05, 3.63) is 21.6 Å². The molecule has 1 fully saturated rings. The van der Waals surface area contributed by atoms with Crippen LogP contribution in [0.4, 0.5) is 5.69 Å². The predicted molar refractivity (Wildman–Crippen MR) is 68.5 cm³/mol. The molecule has 1 aromatic heterocycles. The van der Waals surface area contributed by atoms with E-state index in [1.807, 2.05) is 0 Å². The Bertz CT molecular complexity index is 432. The van der Waals surface area contributed by atoms with E-state index in [9.17, 15) is 4.79 Å². The molecule has 0 spiro atoms. The lowest BCUT2D eigenvalue weighted by Gasteiger charge is -2.34. The summed E-state index contributed by atoms with van der Waals surface area (Å²) >= 11 is 6.00. The van der Waals surface area contributed by atoms with E-state index in [0.29, 0.717) is 12.5 Å². The van der Waals surface area contributed by atoms with Crippen molar-refractivity contribution in [2.75, 3.05) is 24.5 Å². The summed E-state index contributed by atoms with van der Waals surface area (Å²) in [5, 5.41) is 6.36. The van der Waals surface area contributed by atoms with E-state index in [-0.39, 0.29) is 10.6 Å². The first-order valence-corrected chi connectivity index (χ1v) is 6.28. The molecule has 1 aromatic rings. The van der Waals surface area contributed by atoms with Crippen LogP contribution in [0.3, 0.4) is 0 Å². The van der Waals surface area contributed by atoms with Crippen molar-refractivity contribution in [3.8, 4) is 0 Å². The molecule has 3 N–H and O–H groups in total. The van der Waals surface area contributed by atoms with Gasteiger partial charge in [-0.25, -0.2) is 5.10 Å². The zero-order valence-electron chi connectivity index (χ0n) is 9.66. The maximum atomic E-state index is 11.4. The van der Waals surface area contributed by atoms with Gasteiger partial charge in [0.2, 0.25) is 0 Å². The van der Waals surface area contributed by atoms with E-state index in [1.165, 1.54) is 6.42 Å². The monoisotopic (exact) mass is 256 g/mol. The highest BCUT2D eigenvalue weighted by Crippen LogP contribution is 2.27. The number of aromatic nitrogens is 2. The van der Waals surface area contributed by atoms with Gasteiger partial charge in [-0.05, 0) is 31.7 Å². The molecule has 0 aromatic carbocycles. The minimum Gasteiger partial charge on any atom is -0.369 e. The molecular weight excluding hydrogens is 240 g/mol. The quantitative estimate of drug-likeness (QED) is 0.846. The second-order valence-electron chi connectivity index (χ2n) is 4.43. The molecule has 1 aliphatic rings. The van der Waals surface area contributed by atoms with Crippen LogP contribution in [-0.4, -0.2) is 29.8 Å². The Balaban J connectivity index is 2.16. The third kappa shape index (κ3) is 2.79. The zero-order chi connectivity index (χ0) is 12.3. The first-order valence-electron chi connectivity index (χ1n) is 5.90. The number of rotatable bonds is 3. The van der Waals surface area contributed by atoms with Crippen molar-refractivity contribution < 1.29 is 0 Å². The van der Waals surface area contributed by atoms with Crippen LogP contribution in [0.15, 0.2) is 11.0 Å². The first-order chi connectivity index (χ1) is 8.22. The molecule has 1 atom stereocenters. The van der Waals surface area contributed by atoms with E-state index in [1.54, 1.807) is 6.20 Å². The number of nitrogens with zero attached hydrogens (tertiary/aromatic N) is 2. The molecular formula is C11H17ClN4O. The summed E-state index contributed by atoms with van der Waals surface area (Å²) in [6, 6.07) is 0. The Hall–Kier alpha value is -1.07. The number of piperidine rings is 1. The summed E-state index contributed by atoms with van der Waals surface area (Å²) < 4.78 is 0. The fraction of sp³-hybridized carbons (Fsp3) is 0.636. The molecule has 0 bridgehead atoms. The first kappa shape index (κ1) is 12.4. The third-order valence-corrected chi connectivity index (χ3v) is 3.58. The second-order valence-corrected chi connectivity index (χ2v) is 4.81. The lowest BCUT2D eigenvalue weighted by molar-refractivity contribution is 0.396. The summed E-state index contributed by atoms with van der Waals surface area (Å²) in [5.41, 5.74) is 5.99. The van der Waals surface area contributed by atoms with Crippen molar-refractivity contribution >= 4 is 17.3 Å². The highest BCUT2D eigenvalue weighted by molar-refractivity contribution is 6.32. The minimum absolute atomic E-state index is 0.230. The van der Waals surface area contributed by atoms with Gasteiger partial charge in [0.05, 0.1) is 11.9 Å². The summed E-state index contributed by atoms with van der Waals surface area (Å²) in [4.78, 5) is 13.5. The molecule has 0 aliphatic carbocycles. The molecule has 17 heavy (non-hydrogen) atoms. The molecule has 0 amide bonds. The normalized spacial score (nSPS) is 20.6. The number of hydrogen-bond acceptors (Lipinski definition) is 4. The molecule has 0 radical (unpaired) electrons. The molecule has 5 nitrogen and oxygen atoms in total.